The highest BCUT2D eigenvalue weighted by Gasteiger charge is 1.98. The minimum Gasteiger partial charge on any atom is -0.472 e. The van der Waals surface area contributed by atoms with Crippen LogP contribution in [0.15, 0.2) is 18.2 Å². The standard InChI is InChI=1S/C9H4ClFO2/c10-8-5-7(11)3-1-6(8)2-4-9(12)13/h1,3,5H,(H,12,13). The third kappa shape index (κ3) is 2.77. The lowest BCUT2D eigenvalue weighted by atomic mass is 10.2. The molecule has 0 atom stereocenters. The van der Waals surface area contributed by atoms with Crippen molar-refractivity contribution in [2.45, 2.75) is 0 Å². The largest absolute Gasteiger partial charge is 0.472 e. The van der Waals surface area contributed by atoms with Gasteiger partial charge < -0.3 is 5.11 Å². The van der Waals surface area contributed by atoms with E-state index in [9.17, 15) is 9.18 Å². The third-order valence-corrected chi connectivity index (χ3v) is 1.55. The van der Waals surface area contributed by atoms with Crippen molar-refractivity contribution in [1.29, 1.82) is 0 Å². The summed E-state index contributed by atoms with van der Waals surface area (Å²) < 4.78 is 12.5. The van der Waals surface area contributed by atoms with Crippen molar-refractivity contribution < 1.29 is 14.3 Å². The molecule has 66 valence electrons. The summed E-state index contributed by atoms with van der Waals surface area (Å²) in [6, 6.07) is 3.57. The van der Waals surface area contributed by atoms with Crippen molar-refractivity contribution in [2.75, 3.05) is 0 Å². The highest BCUT2D eigenvalue weighted by atomic mass is 35.5. The number of aliphatic carboxylic acids is 1. The maximum Gasteiger partial charge on any atom is 0.382 e. The highest BCUT2D eigenvalue weighted by molar-refractivity contribution is 6.31. The van der Waals surface area contributed by atoms with Crippen LogP contribution in [0.4, 0.5) is 4.39 Å². The molecule has 0 saturated carbocycles. The van der Waals surface area contributed by atoms with Crippen molar-refractivity contribution in [3.8, 4) is 11.8 Å². The summed E-state index contributed by atoms with van der Waals surface area (Å²) >= 11 is 5.58. The summed E-state index contributed by atoms with van der Waals surface area (Å²) in [5.74, 6) is 2.44. The van der Waals surface area contributed by atoms with Crippen molar-refractivity contribution in [2.24, 2.45) is 0 Å². The molecule has 0 aromatic heterocycles. The fourth-order valence-corrected chi connectivity index (χ4v) is 0.926. The lowest BCUT2D eigenvalue weighted by Gasteiger charge is -1.93. The van der Waals surface area contributed by atoms with Gasteiger partial charge in [0.15, 0.2) is 0 Å². The lowest BCUT2D eigenvalue weighted by molar-refractivity contribution is -0.130. The molecule has 13 heavy (non-hydrogen) atoms. The normalized spacial score (nSPS) is 8.77. The summed E-state index contributed by atoms with van der Waals surface area (Å²) in [7, 11) is 0. The molecule has 1 aromatic rings. The average Bonchev–Trinajstić information content (AvgIpc) is 2.02. The summed E-state index contributed by atoms with van der Waals surface area (Å²) in [4.78, 5) is 10.1. The van der Waals surface area contributed by atoms with Gasteiger partial charge in [0, 0.05) is 11.5 Å². The molecule has 0 heterocycles. The first-order valence-electron chi connectivity index (χ1n) is 3.29. The topological polar surface area (TPSA) is 37.3 Å². The molecule has 0 spiro atoms. The first-order valence-corrected chi connectivity index (χ1v) is 3.67. The number of hydrogen-bond donors (Lipinski definition) is 1. The molecule has 0 fully saturated rings. The van der Waals surface area contributed by atoms with Gasteiger partial charge in [0.25, 0.3) is 0 Å². The smallest absolute Gasteiger partial charge is 0.382 e. The minimum absolute atomic E-state index is 0.105. The van der Waals surface area contributed by atoms with E-state index in [1.54, 1.807) is 0 Å². The van der Waals surface area contributed by atoms with Crippen LogP contribution in [0.25, 0.3) is 0 Å². The Balaban J connectivity index is 3.05. The van der Waals surface area contributed by atoms with Gasteiger partial charge in [0.05, 0.1) is 5.02 Å². The number of carboxylic acid groups (broad SMARTS) is 1. The Morgan fingerprint density at radius 3 is 2.77 bits per heavy atom. The van der Waals surface area contributed by atoms with Gasteiger partial charge in [-0.15, -0.1) is 0 Å². The van der Waals surface area contributed by atoms with Crippen LogP contribution < -0.4 is 0 Å². The summed E-state index contributed by atoms with van der Waals surface area (Å²) in [5, 5.41) is 8.33. The zero-order valence-corrected chi connectivity index (χ0v) is 7.10. The van der Waals surface area contributed by atoms with E-state index >= 15 is 0 Å². The Morgan fingerprint density at radius 2 is 2.23 bits per heavy atom. The number of hydrogen-bond acceptors (Lipinski definition) is 1. The van der Waals surface area contributed by atoms with E-state index < -0.39 is 11.8 Å². The molecule has 0 bridgehead atoms. The van der Waals surface area contributed by atoms with Gasteiger partial charge in [-0.2, -0.15) is 0 Å². The molecule has 0 radical (unpaired) electrons. The van der Waals surface area contributed by atoms with Crippen LogP contribution in [0.5, 0.6) is 0 Å². The van der Waals surface area contributed by atoms with Crippen LogP contribution in [0, 0.1) is 17.7 Å². The number of rotatable bonds is 0. The van der Waals surface area contributed by atoms with E-state index in [4.69, 9.17) is 16.7 Å². The SMILES string of the molecule is O=C(O)C#Cc1ccc(F)cc1Cl. The first-order chi connectivity index (χ1) is 6.09. The van der Waals surface area contributed by atoms with Crippen LogP contribution >= 0.6 is 11.6 Å². The molecule has 1 rings (SSSR count). The van der Waals surface area contributed by atoms with Crippen LogP contribution in [-0.4, -0.2) is 11.1 Å². The number of halogens is 2. The molecule has 1 N–H and O–H groups in total. The predicted molar refractivity (Wildman–Crippen MR) is 45.9 cm³/mol. The number of carboxylic acids is 1. The van der Waals surface area contributed by atoms with Gasteiger partial charge in [-0.05, 0) is 18.2 Å². The van der Waals surface area contributed by atoms with Gasteiger partial charge in [0.1, 0.15) is 5.82 Å². The van der Waals surface area contributed by atoms with Gasteiger partial charge in [-0.25, -0.2) is 9.18 Å². The Labute approximate surface area is 79.0 Å². The second-order valence-electron chi connectivity index (χ2n) is 2.18. The van der Waals surface area contributed by atoms with Gasteiger partial charge in [0.2, 0.25) is 0 Å². The maximum atomic E-state index is 12.5. The van der Waals surface area contributed by atoms with Gasteiger partial charge in [-0.1, -0.05) is 17.5 Å². The van der Waals surface area contributed by atoms with Gasteiger partial charge >= 0.3 is 5.97 Å². The summed E-state index contributed by atoms with van der Waals surface area (Å²) in [6.07, 6.45) is 0. The fourth-order valence-electron chi connectivity index (χ4n) is 0.712. The zero-order chi connectivity index (χ0) is 9.84. The van der Waals surface area contributed by atoms with E-state index in [1.807, 2.05) is 5.92 Å². The molecule has 0 amide bonds. The van der Waals surface area contributed by atoms with E-state index in [0.717, 1.165) is 12.1 Å². The Morgan fingerprint density at radius 1 is 1.54 bits per heavy atom. The number of benzene rings is 1. The monoisotopic (exact) mass is 198 g/mol. The second-order valence-corrected chi connectivity index (χ2v) is 2.59. The maximum absolute atomic E-state index is 12.5. The third-order valence-electron chi connectivity index (χ3n) is 1.24. The van der Waals surface area contributed by atoms with E-state index in [0.29, 0.717) is 5.56 Å². The fraction of sp³-hybridized carbons (Fsp3) is 0. The Hall–Kier alpha value is -1.53. The van der Waals surface area contributed by atoms with Crippen molar-refractivity contribution >= 4 is 17.6 Å². The summed E-state index contributed by atoms with van der Waals surface area (Å²) in [6.45, 7) is 0. The Bertz CT molecular complexity index is 404. The van der Waals surface area contributed by atoms with Crippen LogP contribution in [0.3, 0.4) is 0 Å². The molecular weight excluding hydrogens is 195 g/mol. The van der Waals surface area contributed by atoms with Crippen molar-refractivity contribution in [1.82, 2.24) is 0 Å². The second kappa shape index (κ2) is 3.92. The molecular formula is C9H4ClFO2. The molecule has 1 aromatic carbocycles. The van der Waals surface area contributed by atoms with E-state index in [-0.39, 0.29) is 5.02 Å². The molecule has 0 saturated heterocycles. The molecule has 4 heteroatoms. The lowest BCUT2D eigenvalue weighted by Crippen LogP contribution is -1.87. The van der Waals surface area contributed by atoms with E-state index in [1.165, 1.54) is 6.07 Å². The molecule has 0 unspecified atom stereocenters. The van der Waals surface area contributed by atoms with Crippen LogP contribution in [-0.2, 0) is 4.79 Å². The number of carbonyl (C=O) groups is 1. The van der Waals surface area contributed by atoms with Crippen molar-refractivity contribution in [3.05, 3.63) is 34.6 Å². The molecule has 0 aliphatic heterocycles. The van der Waals surface area contributed by atoms with Crippen molar-refractivity contribution in [3.63, 3.8) is 0 Å². The quantitative estimate of drug-likeness (QED) is 0.647. The highest BCUT2D eigenvalue weighted by Crippen LogP contribution is 2.15. The summed E-state index contributed by atoms with van der Waals surface area (Å²) in [5.41, 5.74) is 0.297. The van der Waals surface area contributed by atoms with Crippen LogP contribution in [0.2, 0.25) is 5.02 Å². The zero-order valence-electron chi connectivity index (χ0n) is 6.34. The minimum atomic E-state index is -1.25. The molecule has 2 nitrogen and oxygen atoms in total. The molecule has 0 aliphatic rings. The predicted octanol–water partition coefficient (Wildman–Crippen LogP) is 1.92. The van der Waals surface area contributed by atoms with E-state index in [2.05, 4.69) is 5.92 Å². The first kappa shape index (κ1) is 9.56. The Kier molecular flexibility index (Phi) is 2.88. The average molecular weight is 199 g/mol. The van der Waals surface area contributed by atoms with Crippen LogP contribution in [0.1, 0.15) is 5.56 Å². The molecule has 0 aliphatic carbocycles. The van der Waals surface area contributed by atoms with Gasteiger partial charge in [-0.3, -0.25) is 0 Å².